The number of hydrogen-bond donors (Lipinski definition) is 1. The molecule has 0 unspecified atom stereocenters. The molecule has 0 aliphatic heterocycles. The van der Waals surface area contributed by atoms with Gasteiger partial charge < -0.3 is 5.32 Å². The quantitative estimate of drug-likeness (QED) is 0.768. The number of anilines is 1. The van der Waals surface area contributed by atoms with Crippen molar-refractivity contribution in [3.05, 3.63) is 23.5 Å². The van der Waals surface area contributed by atoms with Crippen molar-refractivity contribution in [1.82, 2.24) is 4.98 Å². The summed E-state index contributed by atoms with van der Waals surface area (Å²) in [6.45, 7) is 3.27. The van der Waals surface area contributed by atoms with Gasteiger partial charge in [-0.15, -0.1) is 0 Å². The van der Waals surface area contributed by atoms with Crippen molar-refractivity contribution in [2.75, 3.05) is 23.4 Å². The molecule has 2 nitrogen and oxygen atoms in total. The SMILES string of the molecule is CCSCCCNc1cnc2c(c1)CCC2. The Morgan fingerprint density at radius 2 is 2.38 bits per heavy atom. The number of hydrogen-bond acceptors (Lipinski definition) is 3. The highest BCUT2D eigenvalue weighted by Gasteiger charge is 2.11. The predicted molar refractivity (Wildman–Crippen MR) is 72.4 cm³/mol. The number of pyridine rings is 1. The molecule has 0 fully saturated rings. The Morgan fingerprint density at radius 3 is 3.25 bits per heavy atom. The number of nitrogens with zero attached hydrogens (tertiary/aromatic N) is 1. The molecule has 0 bridgehead atoms. The van der Waals surface area contributed by atoms with E-state index in [0.29, 0.717) is 0 Å². The minimum absolute atomic E-state index is 1.06. The normalized spacial score (nSPS) is 13.8. The summed E-state index contributed by atoms with van der Waals surface area (Å²) < 4.78 is 0. The van der Waals surface area contributed by atoms with Crippen LogP contribution in [0.1, 0.15) is 31.0 Å². The van der Waals surface area contributed by atoms with Crippen LogP contribution >= 0.6 is 11.8 Å². The molecule has 0 saturated carbocycles. The molecule has 0 spiro atoms. The lowest BCUT2D eigenvalue weighted by atomic mass is 10.2. The zero-order valence-corrected chi connectivity index (χ0v) is 10.8. The number of aromatic nitrogens is 1. The van der Waals surface area contributed by atoms with Crippen LogP contribution in [-0.2, 0) is 12.8 Å². The molecule has 88 valence electrons. The topological polar surface area (TPSA) is 24.9 Å². The first-order valence-corrected chi connectivity index (χ1v) is 7.35. The minimum Gasteiger partial charge on any atom is -0.384 e. The van der Waals surface area contributed by atoms with Gasteiger partial charge in [-0.2, -0.15) is 11.8 Å². The van der Waals surface area contributed by atoms with Crippen molar-refractivity contribution in [2.24, 2.45) is 0 Å². The van der Waals surface area contributed by atoms with Gasteiger partial charge in [0.25, 0.3) is 0 Å². The molecule has 16 heavy (non-hydrogen) atoms. The van der Waals surface area contributed by atoms with Gasteiger partial charge in [0.05, 0.1) is 11.9 Å². The molecule has 1 heterocycles. The summed E-state index contributed by atoms with van der Waals surface area (Å²) in [7, 11) is 0. The summed E-state index contributed by atoms with van der Waals surface area (Å²) >= 11 is 2.01. The summed E-state index contributed by atoms with van der Waals surface area (Å²) in [5, 5.41) is 3.46. The Labute approximate surface area is 102 Å². The smallest absolute Gasteiger partial charge is 0.0529 e. The lowest BCUT2D eigenvalue weighted by molar-refractivity contribution is 0.899. The minimum atomic E-state index is 1.06. The van der Waals surface area contributed by atoms with Crippen molar-refractivity contribution >= 4 is 17.4 Å². The molecule has 3 heteroatoms. The number of rotatable bonds is 6. The Bertz CT molecular complexity index is 339. The monoisotopic (exact) mass is 236 g/mol. The third-order valence-electron chi connectivity index (χ3n) is 2.92. The maximum Gasteiger partial charge on any atom is 0.0529 e. The molecule has 2 rings (SSSR count). The fraction of sp³-hybridized carbons (Fsp3) is 0.615. The van der Waals surface area contributed by atoms with Crippen LogP contribution in [0.4, 0.5) is 5.69 Å². The molecule has 1 aromatic rings. The van der Waals surface area contributed by atoms with E-state index in [-0.39, 0.29) is 0 Å². The van der Waals surface area contributed by atoms with Crippen LogP contribution in [0.25, 0.3) is 0 Å². The first-order valence-electron chi connectivity index (χ1n) is 6.19. The predicted octanol–water partition coefficient (Wildman–Crippen LogP) is 3.13. The van der Waals surface area contributed by atoms with Crippen LogP contribution in [0, 0.1) is 0 Å². The van der Waals surface area contributed by atoms with Crippen LogP contribution in [0.5, 0.6) is 0 Å². The fourth-order valence-corrected chi connectivity index (χ4v) is 2.71. The van der Waals surface area contributed by atoms with E-state index in [0.717, 1.165) is 6.54 Å². The second kappa shape index (κ2) is 6.14. The van der Waals surface area contributed by atoms with E-state index >= 15 is 0 Å². The van der Waals surface area contributed by atoms with Gasteiger partial charge in [0.2, 0.25) is 0 Å². The van der Waals surface area contributed by atoms with Crippen LogP contribution in [-0.4, -0.2) is 23.0 Å². The molecule has 0 radical (unpaired) electrons. The fourth-order valence-electron chi connectivity index (χ4n) is 2.07. The van der Waals surface area contributed by atoms with Gasteiger partial charge in [0.15, 0.2) is 0 Å². The van der Waals surface area contributed by atoms with Crippen molar-refractivity contribution in [2.45, 2.75) is 32.6 Å². The average Bonchev–Trinajstić information content (AvgIpc) is 2.76. The van der Waals surface area contributed by atoms with Gasteiger partial charge in [-0.1, -0.05) is 6.92 Å². The van der Waals surface area contributed by atoms with Gasteiger partial charge in [-0.3, -0.25) is 4.98 Å². The Balaban J connectivity index is 1.77. The molecule has 1 aliphatic carbocycles. The number of thioether (sulfide) groups is 1. The van der Waals surface area contributed by atoms with Gasteiger partial charge >= 0.3 is 0 Å². The molecule has 0 atom stereocenters. The second-order valence-electron chi connectivity index (χ2n) is 4.16. The summed E-state index contributed by atoms with van der Waals surface area (Å²) in [6, 6.07) is 2.28. The zero-order chi connectivity index (χ0) is 11.2. The Morgan fingerprint density at radius 1 is 1.44 bits per heavy atom. The molecule has 1 aromatic heterocycles. The van der Waals surface area contributed by atoms with Crippen LogP contribution < -0.4 is 5.32 Å². The molecule has 0 aromatic carbocycles. The van der Waals surface area contributed by atoms with Crippen molar-refractivity contribution < 1.29 is 0 Å². The van der Waals surface area contributed by atoms with E-state index in [9.17, 15) is 0 Å². The van der Waals surface area contributed by atoms with Gasteiger partial charge in [-0.25, -0.2) is 0 Å². The van der Waals surface area contributed by atoms with Crippen LogP contribution in [0.3, 0.4) is 0 Å². The van der Waals surface area contributed by atoms with Crippen molar-refractivity contribution in [3.8, 4) is 0 Å². The molecular weight excluding hydrogens is 216 g/mol. The Hall–Kier alpha value is -0.700. The van der Waals surface area contributed by atoms with E-state index in [1.807, 2.05) is 18.0 Å². The molecule has 1 aliphatic rings. The maximum absolute atomic E-state index is 4.51. The van der Waals surface area contributed by atoms with Gasteiger partial charge in [0.1, 0.15) is 0 Å². The highest BCUT2D eigenvalue weighted by Crippen LogP contribution is 2.22. The second-order valence-corrected chi connectivity index (χ2v) is 5.55. The number of nitrogens with one attached hydrogen (secondary N) is 1. The van der Waals surface area contributed by atoms with Crippen LogP contribution in [0.2, 0.25) is 0 Å². The third kappa shape index (κ3) is 3.14. The van der Waals surface area contributed by atoms with Crippen LogP contribution in [0.15, 0.2) is 12.3 Å². The van der Waals surface area contributed by atoms with Gasteiger partial charge in [-0.05, 0) is 48.8 Å². The number of aryl methyl sites for hydroxylation is 2. The highest BCUT2D eigenvalue weighted by atomic mass is 32.2. The summed E-state index contributed by atoms with van der Waals surface area (Å²) in [5.41, 5.74) is 3.96. The zero-order valence-electron chi connectivity index (χ0n) is 9.96. The third-order valence-corrected chi connectivity index (χ3v) is 3.90. The van der Waals surface area contributed by atoms with E-state index in [4.69, 9.17) is 0 Å². The first kappa shape index (κ1) is 11.8. The van der Waals surface area contributed by atoms with E-state index in [1.54, 1.807) is 0 Å². The average molecular weight is 236 g/mol. The first-order chi connectivity index (χ1) is 7.90. The van der Waals surface area contributed by atoms with Gasteiger partial charge in [0, 0.05) is 12.2 Å². The maximum atomic E-state index is 4.51. The largest absolute Gasteiger partial charge is 0.384 e. The molecule has 0 saturated heterocycles. The standard InChI is InChI=1S/C13H20N2S/c1-2-16-8-4-7-14-12-9-11-5-3-6-13(11)15-10-12/h9-10,14H,2-8H2,1H3. The Kier molecular flexibility index (Phi) is 4.52. The van der Waals surface area contributed by atoms with E-state index in [2.05, 4.69) is 23.3 Å². The van der Waals surface area contributed by atoms with Crippen molar-refractivity contribution in [1.29, 1.82) is 0 Å². The lowest BCUT2D eigenvalue weighted by Crippen LogP contribution is -2.04. The van der Waals surface area contributed by atoms with E-state index in [1.165, 1.54) is 54.1 Å². The highest BCUT2D eigenvalue weighted by molar-refractivity contribution is 7.99. The van der Waals surface area contributed by atoms with Crippen molar-refractivity contribution in [3.63, 3.8) is 0 Å². The summed E-state index contributed by atoms with van der Waals surface area (Å²) in [5.74, 6) is 2.47. The molecular formula is C13H20N2S. The molecule has 1 N–H and O–H groups in total. The number of fused-ring (bicyclic) bond motifs is 1. The molecule has 0 amide bonds. The summed E-state index contributed by atoms with van der Waals surface area (Å²) in [4.78, 5) is 4.51. The lowest BCUT2D eigenvalue weighted by Gasteiger charge is -2.07. The van der Waals surface area contributed by atoms with E-state index < -0.39 is 0 Å². The summed E-state index contributed by atoms with van der Waals surface area (Å²) in [6.07, 6.45) is 6.87.